The van der Waals surface area contributed by atoms with Gasteiger partial charge < -0.3 is 9.47 Å². The van der Waals surface area contributed by atoms with Crippen molar-refractivity contribution in [3.8, 4) is 28.8 Å². The van der Waals surface area contributed by atoms with E-state index in [0.717, 1.165) is 27.7 Å². The van der Waals surface area contributed by atoms with Crippen LogP contribution >= 0.6 is 0 Å². The molecule has 0 atom stereocenters. The second kappa shape index (κ2) is 6.21. The minimum Gasteiger partial charge on any atom is -0.493 e. The zero-order valence-corrected chi connectivity index (χ0v) is 14.3. The summed E-state index contributed by atoms with van der Waals surface area (Å²) < 4.78 is 13.0. The highest BCUT2D eigenvalue weighted by molar-refractivity contribution is 5.89. The lowest BCUT2D eigenvalue weighted by atomic mass is 10.0. The summed E-state index contributed by atoms with van der Waals surface area (Å²) in [5.41, 5.74) is 3.82. The molecule has 0 radical (unpaired) electrons. The maximum Gasteiger partial charge on any atom is 0.213 e. The molecule has 0 bridgehead atoms. The van der Waals surface area contributed by atoms with Crippen LogP contribution in [-0.4, -0.2) is 14.2 Å². The number of benzene rings is 2. The van der Waals surface area contributed by atoms with Gasteiger partial charge in [-0.1, -0.05) is 6.07 Å². The van der Waals surface area contributed by atoms with Gasteiger partial charge >= 0.3 is 0 Å². The predicted octanol–water partition coefficient (Wildman–Crippen LogP) is 3.53. The molecule has 2 aromatic carbocycles. The smallest absolute Gasteiger partial charge is 0.213 e. The summed E-state index contributed by atoms with van der Waals surface area (Å²) in [7, 11) is 5.30. The largest absolute Gasteiger partial charge is 0.493 e. The van der Waals surface area contributed by atoms with Crippen LogP contribution in [0, 0.1) is 18.3 Å². The summed E-state index contributed by atoms with van der Waals surface area (Å²) in [6.45, 7) is 2.08. The van der Waals surface area contributed by atoms with Crippen LogP contribution in [0.1, 0.15) is 11.3 Å². The van der Waals surface area contributed by atoms with E-state index in [1.807, 2.05) is 43.4 Å². The molecule has 0 unspecified atom stereocenters. The number of hydrogen-bond donors (Lipinski definition) is 0. The molecule has 0 aliphatic carbocycles. The van der Waals surface area contributed by atoms with Crippen LogP contribution in [-0.2, 0) is 7.05 Å². The topological polar surface area (TPSA) is 46.1 Å². The van der Waals surface area contributed by atoms with E-state index < -0.39 is 0 Å². The maximum atomic E-state index is 9.14. The summed E-state index contributed by atoms with van der Waals surface area (Å²) in [6.07, 6.45) is 0. The van der Waals surface area contributed by atoms with Gasteiger partial charge in [-0.3, -0.25) is 0 Å². The second-order valence-corrected chi connectivity index (χ2v) is 5.66. The average molecular weight is 319 g/mol. The summed E-state index contributed by atoms with van der Waals surface area (Å²) in [6, 6.07) is 15.9. The zero-order chi connectivity index (χ0) is 17.3. The van der Waals surface area contributed by atoms with Crippen molar-refractivity contribution in [3.05, 3.63) is 53.7 Å². The first kappa shape index (κ1) is 15.8. The van der Waals surface area contributed by atoms with Gasteiger partial charge in [0.05, 0.1) is 31.2 Å². The lowest BCUT2D eigenvalue weighted by molar-refractivity contribution is -0.665. The lowest BCUT2D eigenvalue weighted by Gasteiger charge is -2.11. The summed E-state index contributed by atoms with van der Waals surface area (Å²) >= 11 is 0. The number of fused-ring (bicyclic) bond motifs is 1. The molecule has 1 aromatic heterocycles. The molecular formula is C20H19N2O2+. The van der Waals surface area contributed by atoms with Gasteiger partial charge in [-0.25, -0.2) is 0 Å². The van der Waals surface area contributed by atoms with Crippen LogP contribution in [0.25, 0.3) is 22.0 Å². The van der Waals surface area contributed by atoms with E-state index in [1.165, 1.54) is 0 Å². The van der Waals surface area contributed by atoms with Crippen LogP contribution in [0.3, 0.4) is 0 Å². The molecule has 0 saturated heterocycles. The Kier molecular flexibility index (Phi) is 4.09. The summed E-state index contributed by atoms with van der Waals surface area (Å²) in [5, 5.41) is 11.3. The van der Waals surface area contributed by atoms with Crippen molar-refractivity contribution in [2.45, 2.75) is 6.92 Å². The molecule has 3 aromatic rings. The molecular weight excluding hydrogens is 300 g/mol. The van der Waals surface area contributed by atoms with Crippen LogP contribution < -0.4 is 14.0 Å². The van der Waals surface area contributed by atoms with Gasteiger partial charge in [-0.15, -0.1) is 0 Å². The van der Waals surface area contributed by atoms with Gasteiger partial charge in [-0.2, -0.15) is 9.83 Å². The predicted molar refractivity (Wildman–Crippen MR) is 93.1 cm³/mol. The number of ether oxygens (including phenoxy) is 2. The average Bonchev–Trinajstić information content (AvgIpc) is 2.63. The molecule has 0 saturated carbocycles. The number of nitrogens with zero attached hydrogens (tertiary/aromatic N) is 2. The van der Waals surface area contributed by atoms with Gasteiger partial charge in [0.2, 0.25) is 5.69 Å². The Balaban J connectivity index is 2.30. The summed E-state index contributed by atoms with van der Waals surface area (Å²) in [4.78, 5) is 0. The van der Waals surface area contributed by atoms with Crippen molar-refractivity contribution in [2.75, 3.05) is 14.2 Å². The fraction of sp³-hybridized carbons (Fsp3) is 0.200. The number of pyridine rings is 1. The van der Waals surface area contributed by atoms with E-state index >= 15 is 0 Å². The Morgan fingerprint density at radius 3 is 2.38 bits per heavy atom. The summed E-state index contributed by atoms with van der Waals surface area (Å²) in [5.74, 6) is 1.42. The molecule has 24 heavy (non-hydrogen) atoms. The first-order valence-electron chi connectivity index (χ1n) is 7.65. The van der Waals surface area contributed by atoms with E-state index in [4.69, 9.17) is 14.7 Å². The van der Waals surface area contributed by atoms with Crippen molar-refractivity contribution in [1.29, 1.82) is 5.26 Å². The molecule has 0 spiro atoms. The van der Waals surface area contributed by atoms with Crippen LogP contribution in [0.4, 0.5) is 0 Å². The SMILES string of the molecule is COc1cc2cc(-c3cccc(C#N)c3)[n+](C)c(C)c2cc1OC. The molecule has 4 heteroatoms. The number of methoxy groups -OCH3 is 2. The quantitative estimate of drug-likeness (QED) is 0.694. The Hall–Kier alpha value is -3.06. The fourth-order valence-corrected chi connectivity index (χ4v) is 2.96. The molecule has 0 fully saturated rings. The third-order valence-electron chi connectivity index (χ3n) is 4.39. The number of aryl methyl sites for hydroxylation is 1. The van der Waals surface area contributed by atoms with Crippen molar-refractivity contribution < 1.29 is 14.0 Å². The second-order valence-electron chi connectivity index (χ2n) is 5.66. The van der Waals surface area contributed by atoms with E-state index in [1.54, 1.807) is 14.2 Å². The molecule has 0 aliphatic rings. The number of aromatic nitrogens is 1. The van der Waals surface area contributed by atoms with Crippen LogP contribution in [0.15, 0.2) is 42.5 Å². The van der Waals surface area contributed by atoms with Crippen LogP contribution in [0.2, 0.25) is 0 Å². The normalized spacial score (nSPS) is 10.5. The molecule has 4 nitrogen and oxygen atoms in total. The Morgan fingerprint density at radius 2 is 1.71 bits per heavy atom. The van der Waals surface area contributed by atoms with Gasteiger partial charge in [0.15, 0.2) is 17.2 Å². The van der Waals surface area contributed by atoms with E-state index in [2.05, 4.69) is 23.6 Å². The fourth-order valence-electron chi connectivity index (χ4n) is 2.96. The van der Waals surface area contributed by atoms with Crippen molar-refractivity contribution in [2.24, 2.45) is 7.05 Å². The number of nitriles is 1. The number of rotatable bonds is 3. The highest BCUT2D eigenvalue weighted by Gasteiger charge is 2.19. The van der Waals surface area contributed by atoms with Crippen molar-refractivity contribution in [3.63, 3.8) is 0 Å². The lowest BCUT2D eigenvalue weighted by Crippen LogP contribution is -2.34. The minimum absolute atomic E-state index is 0.651. The first-order chi connectivity index (χ1) is 11.6. The highest BCUT2D eigenvalue weighted by atomic mass is 16.5. The molecule has 120 valence electrons. The standard InChI is InChI=1S/C20H19N2O2/c1-13-17-11-20(24-4)19(23-3)10-16(17)9-18(22(13)2)15-7-5-6-14(8-15)12-21/h5-11H,1-4H3/q+1. The van der Waals surface area contributed by atoms with E-state index in [-0.39, 0.29) is 0 Å². The Morgan fingerprint density at radius 1 is 1.00 bits per heavy atom. The first-order valence-corrected chi connectivity index (χ1v) is 7.65. The van der Waals surface area contributed by atoms with E-state index in [9.17, 15) is 0 Å². The third kappa shape index (κ3) is 2.55. The number of hydrogen-bond acceptors (Lipinski definition) is 3. The maximum absolute atomic E-state index is 9.14. The van der Waals surface area contributed by atoms with Crippen molar-refractivity contribution in [1.82, 2.24) is 0 Å². The van der Waals surface area contributed by atoms with Crippen molar-refractivity contribution >= 4 is 10.8 Å². The van der Waals surface area contributed by atoms with Crippen LogP contribution in [0.5, 0.6) is 11.5 Å². The minimum atomic E-state index is 0.651. The van der Waals surface area contributed by atoms with Gasteiger partial charge in [0.25, 0.3) is 0 Å². The van der Waals surface area contributed by atoms with E-state index in [0.29, 0.717) is 17.1 Å². The molecule has 0 N–H and O–H groups in total. The highest BCUT2D eigenvalue weighted by Crippen LogP contribution is 2.34. The van der Waals surface area contributed by atoms with Gasteiger partial charge in [0.1, 0.15) is 7.05 Å². The Bertz CT molecular complexity index is 972. The van der Waals surface area contributed by atoms with Gasteiger partial charge in [0, 0.05) is 18.6 Å². The Labute approximate surface area is 141 Å². The molecule has 3 rings (SSSR count). The monoisotopic (exact) mass is 319 g/mol. The molecule has 1 heterocycles. The molecule has 0 amide bonds. The third-order valence-corrected chi connectivity index (χ3v) is 4.39. The van der Waals surface area contributed by atoms with Gasteiger partial charge in [-0.05, 0) is 35.7 Å². The molecule has 0 aliphatic heterocycles. The zero-order valence-electron chi connectivity index (χ0n) is 14.3.